The molecule has 1 heterocycles. The first-order valence-corrected chi connectivity index (χ1v) is 8.14. The van der Waals surface area contributed by atoms with Crippen molar-refractivity contribution in [3.05, 3.63) is 58.3 Å². The van der Waals surface area contributed by atoms with E-state index >= 15 is 0 Å². The van der Waals surface area contributed by atoms with Gasteiger partial charge in [0.05, 0.1) is 12.0 Å². The standard InChI is InChI=1S/C17H21NO2S/c1-2-14(13-7-4-3-5-8-13)17(20)18-11-10-15(19)16-9-6-12-21-16/h3-9,12,14-15,19H,2,10-11H2,1H3,(H,18,20)/t14-,15+/m1/s1. The molecule has 2 N–H and O–H groups in total. The maximum atomic E-state index is 12.3. The number of nitrogens with one attached hydrogen (secondary N) is 1. The quantitative estimate of drug-likeness (QED) is 0.822. The fourth-order valence-electron chi connectivity index (χ4n) is 2.34. The lowest BCUT2D eigenvalue weighted by Gasteiger charge is -2.16. The molecule has 0 fully saturated rings. The van der Waals surface area contributed by atoms with E-state index in [0.717, 1.165) is 16.9 Å². The summed E-state index contributed by atoms with van der Waals surface area (Å²) in [5.41, 5.74) is 1.04. The summed E-state index contributed by atoms with van der Waals surface area (Å²) in [4.78, 5) is 13.2. The smallest absolute Gasteiger partial charge is 0.227 e. The van der Waals surface area contributed by atoms with Gasteiger partial charge in [-0.05, 0) is 29.9 Å². The van der Waals surface area contributed by atoms with E-state index in [2.05, 4.69) is 5.32 Å². The van der Waals surface area contributed by atoms with Crippen LogP contribution in [0.5, 0.6) is 0 Å². The number of hydrogen-bond donors (Lipinski definition) is 2. The maximum absolute atomic E-state index is 12.3. The number of thiophene rings is 1. The summed E-state index contributed by atoms with van der Waals surface area (Å²) in [6.07, 6.45) is 0.808. The van der Waals surface area contributed by atoms with Crippen molar-refractivity contribution < 1.29 is 9.90 Å². The number of carbonyl (C=O) groups excluding carboxylic acids is 1. The third kappa shape index (κ3) is 4.41. The normalized spacial score (nSPS) is 13.6. The van der Waals surface area contributed by atoms with Crippen LogP contribution in [-0.4, -0.2) is 17.6 Å². The van der Waals surface area contributed by atoms with Gasteiger partial charge in [-0.25, -0.2) is 0 Å². The van der Waals surface area contributed by atoms with Gasteiger partial charge in [-0.2, -0.15) is 0 Å². The Labute approximate surface area is 129 Å². The summed E-state index contributed by atoms with van der Waals surface area (Å²) in [5.74, 6) is -0.0906. The second kappa shape index (κ2) is 7.96. The lowest BCUT2D eigenvalue weighted by molar-refractivity contribution is -0.122. The molecule has 112 valence electrons. The molecule has 0 aliphatic heterocycles. The number of rotatable bonds is 7. The van der Waals surface area contributed by atoms with Crippen LogP contribution in [0, 0.1) is 0 Å². The lowest BCUT2D eigenvalue weighted by atomic mass is 9.95. The second-order valence-corrected chi connectivity index (χ2v) is 5.96. The topological polar surface area (TPSA) is 49.3 Å². The first-order valence-electron chi connectivity index (χ1n) is 7.26. The van der Waals surface area contributed by atoms with Crippen molar-refractivity contribution in [1.29, 1.82) is 0 Å². The Hall–Kier alpha value is -1.65. The summed E-state index contributed by atoms with van der Waals surface area (Å²) in [7, 11) is 0. The number of amides is 1. The highest BCUT2D eigenvalue weighted by atomic mass is 32.1. The molecule has 2 aromatic rings. The second-order valence-electron chi connectivity index (χ2n) is 4.98. The molecule has 4 heteroatoms. The van der Waals surface area contributed by atoms with Gasteiger partial charge >= 0.3 is 0 Å². The predicted molar refractivity (Wildman–Crippen MR) is 86.4 cm³/mol. The molecule has 2 atom stereocenters. The molecular formula is C17H21NO2S. The SMILES string of the molecule is CC[C@@H](C(=O)NCC[C@H](O)c1cccs1)c1ccccc1. The summed E-state index contributed by atoms with van der Waals surface area (Å²) in [6, 6.07) is 13.6. The number of aliphatic hydroxyl groups is 1. The molecule has 1 aromatic heterocycles. The molecule has 1 amide bonds. The van der Waals surface area contributed by atoms with Gasteiger partial charge in [-0.1, -0.05) is 43.3 Å². The Morgan fingerprint density at radius 2 is 2.00 bits per heavy atom. The first-order chi connectivity index (χ1) is 10.2. The molecule has 1 aromatic carbocycles. The number of benzene rings is 1. The van der Waals surface area contributed by atoms with Crippen molar-refractivity contribution in [2.75, 3.05) is 6.54 Å². The van der Waals surface area contributed by atoms with Crippen molar-refractivity contribution in [2.24, 2.45) is 0 Å². The van der Waals surface area contributed by atoms with Crippen molar-refractivity contribution in [3.63, 3.8) is 0 Å². The van der Waals surface area contributed by atoms with E-state index in [1.54, 1.807) is 0 Å². The summed E-state index contributed by atoms with van der Waals surface area (Å²) in [5, 5.41) is 14.9. The fraction of sp³-hybridized carbons (Fsp3) is 0.353. The molecule has 0 unspecified atom stereocenters. The molecule has 0 aliphatic rings. The Kier molecular flexibility index (Phi) is 5.96. The number of carbonyl (C=O) groups is 1. The van der Waals surface area contributed by atoms with Gasteiger partial charge in [0.1, 0.15) is 0 Å². The van der Waals surface area contributed by atoms with Crippen LogP contribution >= 0.6 is 11.3 Å². The minimum absolute atomic E-state index is 0.0297. The van der Waals surface area contributed by atoms with Crippen LogP contribution in [0.4, 0.5) is 0 Å². The van der Waals surface area contributed by atoms with E-state index in [1.165, 1.54) is 11.3 Å². The highest BCUT2D eigenvalue weighted by Crippen LogP contribution is 2.22. The van der Waals surface area contributed by atoms with Gasteiger partial charge < -0.3 is 10.4 Å². The van der Waals surface area contributed by atoms with E-state index in [4.69, 9.17) is 0 Å². The zero-order chi connectivity index (χ0) is 15.1. The zero-order valence-corrected chi connectivity index (χ0v) is 13.0. The van der Waals surface area contributed by atoms with E-state index in [1.807, 2.05) is 54.8 Å². The van der Waals surface area contributed by atoms with Gasteiger partial charge in [0.15, 0.2) is 0 Å². The van der Waals surface area contributed by atoms with Crippen LogP contribution in [0.25, 0.3) is 0 Å². The molecule has 2 rings (SSSR count). The van der Waals surface area contributed by atoms with Crippen LogP contribution in [0.15, 0.2) is 47.8 Å². The average molecular weight is 303 g/mol. The van der Waals surface area contributed by atoms with Crippen molar-refractivity contribution in [2.45, 2.75) is 31.8 Å². The van der Waals surface area contributed by atoms with Crippen LogP contribution in [0.1, 0.15) is 42.2 Å². The maximum Gasteiger partial charge on any atom is 0.227 e. The van der Waals surface area contributed by atoms with Crippen LogP contribution in [0.2, 0.25) is 0 Å². The Bertz CT molecular complexity index is 539. The molecule has 0 bridgehead atoms. The van der Waals surface area contributed by atoms with E-state index in [-0.39, 0.29) is 11.8 Å². The highest BCUT2D eigenvalue weighted by Gasteiger charge is 2.18. The highest BCUT2D eigenvalue weighted by molar-refractivity contribution is 7.10. The van der Waals surface area contributed by atoms with E-state index in [9.17, 15) is 9.90 Å². The molecule has 0 radical (unpaired) electrons. The van der Waals surface area contributed by atoms with Crippen LogP contribution in [-0.2, 0) is 4.79 Å². The molecule has 0 saturated carbocycles. The van der Waals surface area contributed by atoms with Gasteiger partial charge in [0.2, 0.25) is 5.91 Å². The first kappa shape index (κ1) is 15.7. The summed E-state index contributed by atoms with van der Waals surface area (Å²) < 4.78 is 0. The van der Waals surface area contributed by atoms with Gasteiger partial charge in [-0.3, -0.25) is 4.79 Å². The van der Waals surface area contributed by atoms with Gasteiger partial charge in [0, 0.05) is 11.4 Å². The van der Waals surface area contributed by atoms with Crippen molar-refractivity contribution in [1.82, 2.24) is 5.32 Å². The molecule has 0 aliphatic carbocycles. The minimum atomic E-state index is -0.498. The van der Waals surface area contributed by atoms with Crippen molar-refractivity contribution >= 4 is 17.2 Å². The molecule has 3 nitrogen and oxygen atoms in total. The Morgan fingerprint density at radius 1 is 1.24 bits per heavy atom. The van der Waals surface area contributed by atoms with Crippen LogP contribution < -0.4 is 5.32 Å². The monoisotopic (exact) mass is 303 g/mol. The van der Waals surface area contributed by atoms with Crippen LogP contribution in [0.3, 0.4) is 0 Å². The Balaban J connectivity index is 1.83. The van der Waals surface area contributed by atoms with Gasteiger partial charge in [-0.15, -0.1) is 11.3 Å². The predicted octanol–water partition coefficient (Wildman–Crippen LogP) is 3.48. The Morgan fingerprint density at radius 3 is 2.62 bits per heavy atom. The van der Waals surface area contributed by atoms with E-state index < -0.39 is 6.10 Å². The molecule has 21 heavy (non-hydrogen) atoms. The summed E-state index contributed by atoms with van der Waals surface area (Å²) >= 11 is 1.53. The largest absolute Gasteiger partial charge is 0.388 e. The minimum Gasteiger partial charge on any atom is -0.388 e. The molecule has 0 saturated heterocycles. The number of aliphatic hydroxyl groups excluding tert-OH is 1. The summed E-state index contributed by atoms with van der Waals surface area (Å²) in [6.45, 7) is 2.50. The lowest BCUT2D eigenvalue weighted by Crippen LogP contribution is -2.30. The zero-order valence-electron chi connectivity index (χ0n) is 12.2. The van der Waals surface area contributed by atoms with Gasteiger partial charge in [0.25, 0.3) is 0 Å². The fourth-order valence-corrected chi connectivity index (χ4v) is 3.08. The number of hydrogen-bond acceptors (Lipinski definition) is 3. The van der Waals surface area contributed by atoms with Crippen molar-refractivity contribution in [3.8, 4) is 0 Å². The molecule has 0 spiro atoms. The third-order valence-electron chi connectivity index (χ3n) is 3.52. The average Bonchev–Trinajstić information content (AvgIpc) is 3.03. The third-order valence-corrected chi connectivity index (χ3v) is 4.49. The van der Waals surface area contributed by atoms with E-state index in [0.29, 0.717) is 13.0 Å². The molecular weight excluding hydrogens is 282 g/mol.